The number of ether oxygens (including phenoxy) is 4. The minimum atomic E-state index is -4.03. The molecule has 3 aromatic carbocycles. The van der Waals surface area contributed by atoms with Gasteiger partial charge in [0.15, 0.2) is 0 Å². The molecule has 4 aromatic rings. The molecule has 3 atom stereocenters. The third-order valence-electron chi connectivity index (χ3n) is 7.80. The van der Waals surface area contributed by atoms with Gasteiger partial charge in [-0.2, -0.15) is 13.4 Å². The van der Waals surface area contributed by atoms with E-state index in [0.29, 0.717) is 16.7 Å². The number of aromatic nitrogens is 2. The number of hydrogen-bond acceptors (Lipinski definition) is 11. The number of rotatable bonds is 12. The van der Waals surface area contributed by atoms with Crippen LogP contribution in [0.4, 0.5) is 0 Å². The van der Waals surface area contributed by atoms with Crippen molar-refractivity contribution in [3.05, 3.63) is 123 Å². The van der Waals surface area contributed by atoms with Crippen molar-refractivity contribution in [1.29, 1.82) is 0 Å². The van der Waals surface area contributed by atoms with Crippen LogP contribution < -0.4 is 10.4 Å². The number of hydrogen-bond donors (Lipinski definition) is 0. The highest BCUT2D eigenvalue weighted by molar-refractivity contribution is 7.86. The van der Waals surface area contributed by atoms with Crippen molar-refractivity contribution in [2.75, 3.05) is 20.3 Å². The van der Waals surface area contributed by atoms with Crippen molar-refractivity contribution in [3.8, 4) is 5.88 Å². The second-order valence-electron chi connectivity index (χ2n) is 11.4. The molecule has 1 fully saturated rings. The zero-order valence-corrected chi connectivity index (χ0v) is 27.8. The highest BCUT2D eigenvalue weighted by Gasteiger charge is 2.41. The van der Waals surface area contributed by atoms with Crippen molar-refractivity contribution >= 4 is 22.1 Å². The van der Waals surface area contributed by atoms with Gasteiger partial charge in [0.05, 0.1) is 29.7 Å². The summed E-state index contributed by atoms with van der Waals surface area (Å²) >= 11 is 0. The van der Waals surface area contributed by atoms with Gasteiger partial charge >= 0.3 is 17.6 Å². The summed E-state index contributed by atoms with van der Waals surface area (Å²) in [7, 11) is -2.69. The van der Waals surface area contributed by atoms with E-state index in [1.165, 1.54) is 30.0 Å². The Hall–Kier alpha value is -4.85. The summed E-state index contributed by atoms with van der Waals surface area (Å²) in [5.41, 5.74) is 3.18. The predicted octanol–water partition coefficient (Wildman–Crippen LogP) is 4.50. The van der Waals surface area contributed by atoms with Crippen molar-refractivity contribution in [1.82, 2.24) is 9.55 Å². The van der Waals surface area contributed by atoms with Gasteiger partial charge in [-0.1, -0.05) is 53.1 Å². The van der Waals surface area contributed by atoms with Gasteiger partial charge in [-0.15, -0.1) is 0 Å². The molecular formula is C35H36N2O10S. The Balaban J connectivity index is 1.34. The average Bonchev–Trinajstić information content (AvgIpc) is 3.46. The normalized spacial score (nSPS) is 17.5. The smallest absolute Gasteiger partial charge is 0.352 e. The van der Waals surface area contributed by atoms with E-state index in [0.717, 1.165) is 16.7 Å². The predicted molar refractivity (Wildman–Crippen MR) is 173 cm³/mol. The van der Waals surface area contributed by atoms with E-state index in [9.17, 15) is 22.8 Å². The number of methoxy groups -OCH3 is 1. The van der Waals surface area contributed by atoms with Crippen LogP contribution in [0.2, 0.25) is 0 Å². The Morgan fingerprint density at radius 1 is 0.875 bits per heavy atom. The molecule has 13 heteroatoms. The van der Waals surface area contributed by atoms with E-state index < -0.39 is 46.2 Å². The quantitative estimate of drug-likeness (QED) is 0.154. The highest BCUT2D eigenvalue weighted by Crippen LogP contribution is 2.32. The third kappa shape index (κ3) is 8.35. The molecule has 0 N–H and O–H groups in total. The molecule has 0 aliphatic carbocycles. The molecule has 1 aliphatic rings. The second kappa shape index (κ2) is 14.9. The number of esters is 2. The summed E-state index contributed by atoms with van der Waals surface area (Å²) in [4.78, 5) is 43.0. The fourth-order valence-electron chi connectivity index (χ4n) is 5.05. The molecule has 1 aromatic heterocycles. The lowest BCUT2D eigenvalue weighted by Crippen LogP contribution is -2.32. The van der Waals surface area contributed by atoms with Gasteiger partial charge in [0.25, 0.3) is 10.1 Å². The molecule has 5 rings (SSSR count). The summed E-state index contributed by atoms with van der Waals surface area (Å²) in [6.07, 6.45) is -1.27. The molecule has 0 radical (unpaired) electrons. The van der Waals surface area contributed by atoms with Crippen LogP contribution in [-0.4, -0.2) is 62.4 Å². The molecule has 1 aliphatic heterocycles. The monoisotopic (exact) mass is 676 g/mol. The average molecular weight is 677 g/mol. The molecule has 48 heavy (non-hydrogen) atoms. The van der Waals surface area contributed by atoms with Gasteiger partial charge in [0, 0.05) is 24.6 Å². The first-order chi connectivity index (χ1) is 22.9. The Labute approximate surface area is 278 Å². The van der Waals surface area contributed by atoms with E-state index in [-0.39, 0.29) is 36.8 Å². The van der Waals surface area contributed by atoms with Crippen LogP contribution >= 0.6 is 0 Å². The van der Waals surface area contributed by atoms with E-state index in [1.807, 2.05) is 20.8 Å². The molecular weight excluding hydrogens is 640 g/mol. The Bertz CT molecular complexity index is 1920. The minimum absolute atomic E-state index is 0.00323. The zero-order chi connectivity index (χ0) is 34.4. The van der Waals surface area contributed by atoms with E-state index in [2.05, 4.69) is 4.98 Å². The fourth-order valence-corrected chi connectivity index (χ4v) is 5.96. The minimum Gasteiger partial charge on any atom is -0.481 e. The molecule has 0 bridgehead atoms. The Morgan fingerprint density at radius 2 is 1.44 bits per heavy atom. The number of benzene rings is 3. The van der Waals surface area contributed by atoms with Crippen LogP contribution in [0.15, 0.2) is 88.7 Å². The summed E-state index contributed by atoms with van der Waals surface area (Å²) in [5, 5.41) is 0. The summed E-state index contributed by atoms with van der Waals surface area (Å²) in [6.45, 7) is 5.12. The second-order valence-corrected chi connectivity index (χ2v) is 13.1. The van der Waals surface area contributed by atoms with E-state index in [1.54, 1.807) is 60.7 Å². The lowest BCUT2D eigenvalue weighted by molar-refractivity contribution is -0.0583. The van der Waals surface area contributed by atoms with E-state index >= 15 is 0 Å². The molecule has 0 saturated carbocycles. The van der Waals surface area contributed by atoms with Crippen LogP contribution in [0.5, 0.6) is 5.88 Å². The largest absolute Gasteiger partial charge is 0.481 e. The molecule has 2 heterocycles. The lowest BCUT2D eigenvalue weighted by atomic mass is 10.1. The van der Waals surface area contributed by atoms with Gasteiger partial charge in [-0.3, -0.25) is 8.75 Å². The van der Waals surface area contributed by atoms with Crippen molar-refractivity contribution in [3.63, 3.8) is 0 Å². The maximum Gasteiger partial charge on any atom is 0.352 e. The van der Waals surface area contributed by atoms with Crippen molar-refractivity contribution in [2.24, 2.45) is 0 Å². The highest BCUT2D eigenvalue weighted by atomic mass is 32.2. The Kier molecular flexibility index (Phi) is 10.7. The first-order valence-corrected chi connectivity index (χ1v) is 16.6. The number of nitrogens with zero attached hydrogens (tertiary/aromatic N) is 2. The third-order valence-corrected chi connectivity index (χ3v) is 9.13. The molecule has 0 amide bonds. The summed E-state index contributed by atoms with van der Waals surface area (Å²) in [6, 6.07) is 20.0. The lowest BCUT2D eigenvalue weighted by Gasteiger charge is -2.19. The summed E-state index contributed by atoms with van der Waals surface area (Å²) in [5.74, 6) is -1.19. The van der Waals surface area contributed by atoms with Crippen LogP contribution in [-0.2, 0) is 34.9 Å². The zero-order valence-electron chi connectivity index (χ0n) is 27.0. The maximum absolute atomic E-state index is 13.1. The van der Waals surface area contributed by atoms with Crippen molar-refractivity contribution in [2.45, 2.75) is 56.9 Å². The standard InChI is InChI=1S/C35H36N2O10S/c1-22-5-11-25(12-6-22)33(38)44-21-30-29(47-34(39)26-13-7-23(2)8-14-26)19-31(46-30)37-20-27(32(43-4)36-35(37)40)17-18-45-48(41,42)28-15-9-24(3)10-16-28/h5-16,20,29-31H,17-19,21H2,1-4H3/t29-,30+,31-/m0/s1. The van der Waals surface area contributed by atoms with Gasteiger partial charge in [0.1, 0.15) is 25.0 Å². The van der Waals surface area contributed by atoms with Gasteiger partial charge in [-0.05, 0) is 57.2 Å². The van der Waals surface area contributed by atoms with Gasteiger partial charge in [-0.25, -0.2) is 14.4 Å². The SMILES string of the molecule is COc1nc(=O)n([C@@H]2C[C@H](OC(=O)c3ccc(C)cc3)[C@@H](COC(=O)c3ccc(C)cc3)O2)cc1CCOS(=O)(=O)c1ccc(C)cc1. The maximum atomic E-state index is 13.1. The molecule has 0 spiro atoms. The first kappa shape index (κ1) is 34.5. The van der Waals surface area contributed by atoms with Crippen LogP contribution in [0.25, 0.3) is 0 Å². The number of aryl methyl sites for hydroxylation is 3. The number of carbonyl (C=O) groups excluding carboxylic acids is 2. The van der Waals surface area contributed by atoms with Gasteiger partial charge < -0.3 is 18.9 Å². The van der Waals surface area contributed by atoms with Crippen LogP contribution in [0, 0.1) is 20.8 Å². The molecule has 12 nitrogen and oxygen atoms in total. The van der Waals surface area contributed by atoms with Crippen LogP contribution in [0.3, 0.4) is 0 Å². The molecule has 1 saturated heterocycles. The summed E-state index contributed by atoms with van der Waals surface area (Å²) < 4.78 is 54.6. The van der Waals surface area contributed by atoms with Crippen LogP contribution in [0.1, 0.15) is 55.6 Å². The van der Waals surface area contributed by atoms with E-state index in [4.69, 9.17) is 23.1 Å². The molecule has 252 valence electrons. The fraction of sp³-hybridized carbons (Fsp3) is 0.314. The topological polar surface area (TPSA) is 149 Å². The molecule has 0 unspecified atom stereocenters. The number of carbonyl (C=O) groups is 2. The Morgan fingerprint density at radius 3 is 2.02 bits per heavy atom. The van der Waals surface area contributed by atoms with Crippen molar-refractivity contribution < 1.29 is 41.1 Å². The first-order valence-electron chi connectivity index (χ1n) is 15.2. The van der Waals surface area contributed by atoms with Gasteiger partial charge in [0.2, 0.25) is 5.88 Å².